The van der Waals surface area contributed by atoms with Crippen LogP contribution in [0.3, 0.4) is 0 Å². The van der Waals surface area contributed by atoms with Crippen LogP contribution in [-0.2, 0) is 13.0 Å². The van der Waals surface area contributed by atoms with Crippen LogP contribution in [-0.4, -0.2) is 16.3 Å². The smallest absolute Gasteiger partial charge is 0.0698 e. The van der Waals surface area contributed by atoms with Crippen LogP contribution in [0.2, 0.25) is 0 Å². The van der Waals surface area contributed by atoms with Gasteiger partial charge >= 0.3 is 0 Å². The molecule has 0 aliphatic rings. The van der Waals surface area contributed by atoms with Gasteiger partial charge in [-0.25, -0.2) is 0 Å². The Hall–Kier alpha value is -1.13. The van der Waals surface area contributed by atoms with Crippen LogP contribution in [0.15, 0.2) is 28.9 Å². The molecule has 3 nitrogen and oxygen atoms in total. The van der Waals surface area contributed by atoms with Crippen molar-refractivity contribution >= 4 is 15.9 Å². The number of rotatable bonds is 6. The van der Waals surface area contributed by atoms with Crippen LogP contribution in [0.5, 0.6) is 0 Å². The standard InChI is InChI=1S/C17H24BrN3/c1-5-19-16(17-15(18)11-20-21(17)6-2)10-14-8-7-12(3)13(4)9-14/h7-9,11,16,19H,5-6,10H2,1-4H3. The van der Waals surface area contributed by atoms with Crippen LogP contribution in [0.1, 0.15) is 42.3 Å². The third-order valence-electron chi connectivity index (χ3n) is 3.92. The molecular weight excluding hydrogens is 326 g/mol. The van der Waals surface area contributed by atoms with Crippen molar-refractivity contribution in [3.8, 4) is 0 Å². The first kappa shape index (κ1) is 16.2. The summed E-state index contributed by atoms with van der Waals surface area (Å²) in [5.74, 6) is 0. The van der Waals surface area contributed by atoms with Crippen molar-refractivity contribution in [2.24, 2.45) is 0 Å². The largest absolute Gasteiger partial charge is 0.309 e. The summed E-state index contributed by atoms with van der Waals surface area (Å²) in [7, 11) is 0. The molecule has 0 radical (unpaired) electrons. The minimum atomic E-state index is 0.272. The van der Waals surface area contributed by atoms with Crippen molar-refractivity contribution < 1.29 is 0 Å². The van der Waals surface area contributed by atoms with E-state index in [1.807, 2.05) is 6.20 Å². The van der Waals surface area contributed by atoms with Crippen LogP contribution in [0.25, 0.3) is 0 Å². The molecule has 0 amide bonds. The first-order valence-electron chi connectivity index (χ1n) is 7.57. The molecule has 0 bridgehead atoms. The Morgan fingerprint density at radius 3 is 2.62 bits per heavy atom. The summed E-state index contributed by atoms with van der Waals surface area (Å²) in [6.07, 6.45) is 2.86. The zero-order chi connectivity index (χ0) is 15.4. The maximum atomic E-state index is 4.44. The van der Waals surface area contributed by atoms with Crippen molar-refractivity contribution in [1.29, 1.82) is 0 Å². The Balaban J connectivity index is 2.30. The average molecular weight is 350 g/mol. The molecule has 4 heteroatoms. The van der Waals surface area contributed by atoms with E-state index in [1.165, 1.54) is 22.4 Å². The van der Waals surface area contributed by atoms with Crippen molar-refractivity contribution in [3.63, 3.8) is 0 Å². The molecule has 0 saturated carbocycles. The Morgan fingerprint density at radius 2 is 2.00 bits per heavy atom. The molecule has 2 rings (SSSR count). The number of halogens is 1. The van der Waals surface area contributed by atoms with Gasteiger partial charge in [-0.15, -0.1) is 0 Å². The van der Waals surface area contributed by atoms with E-state index < -0.39 is 0 Å². The summed E-state index contributed by atoms with van der Waals surface area (Å²) in [5.41, 5.74) is 5.29. The number of aryl methyl sites for hydroxylation is 3. The summed E-state index contributed by atoms with van der Waals surface area (Å²) >= 11 is 3.64. The Kier molecular flexibility index (Phi) is 5.59. The molecule has 114 valence electrons. The minimum Gasteiger partial charge on any atom is -0.309 e. The fraction of sp³-hybridized carbons (Fsp3) is 0.471. The molecule has 1 N–H and O–H groups in total. The zero-order valence-electron chi connectivity index (χ0n) is 13.3. The fourth-order valence-electron chi connectivity index (χ4n) is 2.65. The molecule has 2 aromatic rings. The maximum absolute atomic E-state index is 4.44. The second-order valence-corrected chi connectivity index (χ2v) is 6.28. The summed E-state index contributed by atoms with van der Waals surface area (Å²) in [4.78, 5) is 0. The number of benzene rings is 1. The summed E-state index contributed by atoms with van der Waals surface area (Å²) in [6.45, 7) is 10.4. The maximum Gasteiger partial charge on any atom is 0.0698 e. The predicted molar refractivity (Wildman–Crippen MR) is 91.6 cm³/mol. The highest BCUT2D eigenvalue weighted by molar-refractivity contribution is 9.10. The van der Waals surface area contributed by atoms with Gasteiger partial charge in [-0.3, -0.25) is 4.68 Å². The molecule has 0 aliphatic heterocycles. The lowest BCUT2D eigenvalue weighted by molar-refractivity contribution is 0.488. The minimum absolute atomic E-state index is 0.272. The molecule has 0 spiro atoms. The topological polar surface area (TPSA) is 29.9 Å². The van der Waals surface area contributed by atoms with Gasteiger partial charge in [-0.05, 0) is 66.4 Å². The van der Waals surface area contributed by atoms with Crippen molar-refractivity contribution in [1.82, 2.24) is 15.1 Å². The van der Waals surface area contributed by atoms with Gasteiger partial charge in [-0.2, -0.15) is 5.10 Å². The molecule has 1 heterocycles. The number of hydrogen-bond acceptors (Lipinski definition) is 2. The third-order valence-corrected chi connectivity index (χ3v) is 4.54. The van der Waals surface area contributed by atoms with E-state index in [1.54, 1.807) is 0 Å². The van der Waals surface area contributed by atoms with E-state index in [9.17, 15) is 0 Å². The Labute approximate surface area is 135 Å². The highest BCUT2D eigenvalue weighted by Gasteiger charge is 2.19. The van der Waals surface area contributed by atoms with Crippen molar-refractivity contribution in [3.05, 3.63) is 51.3 Å². The quantitative estimate of drug-likeness (QED) is 0.847. The molecule has 0 saturated heterocycles. The van der Waals surface area contributed by atoms with Gasteiger partial charge in [-0.1, -0.05) is 25.1 Å². The SMILES string of the molecule is CCNC(Cc1ccc(C)c(C)c1)c1c(Br)cnn1CC. The Morgan fingerprint density at radius 1 is 1.24 bits per heavy atom. The lowest BCUT2D eigenvalue weighted by Crippen LogP contribution is -2.26. The lowest BCUT2D eigenvalue weighted by Gasteiger charge is -2.20. The number of aromatic nitrogens is 2. The molecule has 1 atom stereocenters. The van der Waals surface area contributed by atoms with Gasteiger partial charge in [0.1, 0.15) is 0 Å². The molecule has 1 aromatic heterocycles. The van der Waals surface area contributed by atoms with Gasteiger partial charge in [0, 0.05) is 6.54 Å². The van der Waals surface area contributed by atoms with E-state index in [0.717, 1.165) is 24.0 Å². The van der Waals surface area contributed by atoms with Gasteiger partial charge in [0.15, 0.2) is 0 Å². The van der Waals surface area contributed by atoms with E-state index >= 15 is 0 Å². The molecule has 1 aromatic carbocycles. The van der Waals surface area contributed by atoms with Gasteiger partial charge in [0.05, 0.1) is 22.4 Å². The predicted octanol–water partition coefficient (Wildman–Crippen LogP) is 4.18. The number of likely N-dealkylation sites (N-methyl/N-ethyl adjacent to an activating group) is 1. The molecule has 0 fully saturated rings. The normalized spacial score (nSPS) is 12.6. The third kappa shape index (κ3) is 3.74. The van der Waals surface area contributed by atoms with Crippen molar-refractivity contribution in [2.45, 2.75) is 46.7 Å². The Bertz CT molecular complexity index is 604. The highest BCUT2D eigenvalue weighted by Crippen LogP contribution is 2.26. The van der Waals surface area contributed by atoms with E-state index in [0.29, 0.717) is 0 Å². The molecule has 0 aliphatic carbocycles. The number of nitrogens with one attached hydrogen (secondary N) is 1. The van der Waals surface area contributed by atoms with E-state index in [4.69, 9.17) is 0 Å². The number of nitrogens with zero attached hydrogens (tertiary/aromatic N) is 2. The van der Waals surface area contributed by atoms with Crippen LogP contribution >= 0.6 is 15.9 Å². The second-order valence-electron chi connectivity index (χ2n) is 5.43. The number of hydrogen-bond donors (Lipinski definition) is 1. The van der Waals surface area contributed by atoms with Crippen molar-refractivity contribution in [2.75, 3.05) is 6.54 Å². The van der Waals surface area contributed by atoms with Gasteiger partial charge < -0.3 is 5.32 Å². The second kappa shape index (κ2) is 7.23. The van der Waals surface area contributed by atoms with E-state index in [2.05, 4.69) is 76.9 Å². The fourth-order valence-corrected chi connectivity index (χ4v) is 3.22. The summed E-state index contributed by atoms with van der Waals surface area (Å²) in [5, 5.41) is 8.03. The monoisotopic (exact) mass is 349 g/mol. The molecular formula is C17H24BrN3. The van der Waals surface area contributed by atoms with E-state index in [-0.39, 0.29) is 6.04 Å². The van der Waals surface area contributed by atoms with Crippen LogP contribution in [0, 0.1) is 13.8 Å². The molecule has 1 unspecified atom stereocenters. The first-order valence-corrected chi connectivity index (χ1v) is 8.36. The lowest BCUT2D eigenvalue weighted by atomic mass is 9.99. The summed E-state index contributed by atoms with van der Waals surface area (Å²) < 4.78 is 3.15. The zero-order valence-corrected chi connectivity index (χ0v) is 14.9. The first-order chi connectivity index (χ1) is 10.1. The van der Waals surface area contributed by atoms with Gasteiger partial charge in [0.2, 0.25) is 0 Å². The highest BCUT2D eigenvalue weighted by atomic mass is 79.9. The van der Waals surface area contributed by atoms with Crippen LogP contribution < -0.4 is 5.32 Å². The summed E-state index contributed by atoms with van der Waals surface area (Å²) in [6, 6.07) is 7.00. The van der Waals surface area contributed by atoms with Gasteiger partial charge in [0.25, 0.3) is 0 Å². The average Bonchev–Trinajstić information content (AvgIpc) is 2.83. The molecule has 21 heavy (non-hydrogen) atoms. The van der Waals surface area contributed by atoms with Crippen LogP contribution in [0.4, 0.5) is 0 Å².